The summed E-state index contributed by atoms with van der Waals surface area (Å²) in [5, 5.41) is 4.10. The monoisotopic (exact) mass is 436 g/mol. The Kier molecular flexibility index (Phi) is 6.87. The molecule has 0 spiro atoms. The van der Waals surface area contributed by atoms with E-state index in [0.717, 1.165) is 39.2 Å². The number of carbonyl (C=O) groups excluding carboxylic acids is 1. The number of ether oxygens (including phenoxy) is 2. The van der Waals surface area contributed by atoms with Crippen LogP contribution in [0, 0.1) is 0 Å². The van der Waals surface area contributed by atoms with Crippen LogP contribution < -0.4 is 14.8 Å². The molecule has 0 unspecified atom stereocenters. The van der Waals surface area contributed by atoms with Crippen molar-refractivity contribution in [1.82, 2.24) is 10.3 Å². The molecule has 0 atom stereocenters. The summed E-state index contributed by atoms with van der Waals surface area (Å²) in [6, 6.07) is 14.1. The highest BCUT2D eigenvalue weighted by atomic mass is 32.1. The topological polar surface area (TPSA) is 60.5 Å². The molecule has 0 radical (unpaired) electrons. The summed E-state index contributed by atoms with van der Waals surface area (Å²) in [4.78, 5) is 17.7. The number of hydrogen-bond donors (Lipinski definition) is 1. The molecule has 5 nitrogen and oxygen atoms in total. The number of nitrogens with zero attached hydrogens (tertiary/aromatic N) is 1. The van der Waals surface area contributed by atoms with Gasteiger partial charge in [-0.15, -0.1) is 11.3 Å². The number of rotatable bonds is 7. The van der Waals surface area contributed by atoms with Gasteiger partial charge >= 0.3 is 0 Å². The van der Waals surface area contributed by atoms with Crippen molar-refractivity contribution in [2.75, 3.05) is 14.2 Å². The SMILES string of the molecule is COc1ccc(/C=C(/CC(=O)NC2CCCCC2)c2nc3ccccc3s2)cc1OC. The van der Waals surface area contributed by atoms with E-state index in [-0.39, 0.29) is 5.91 Å². The summed E-state index contributed by atoms with van der Waals surface area (Å²) in [5.41, 5.74) is 2.80. The Morgan fingerprint density at radius 2 is 1.87 bits per heavy atom. The molecule has 1 aromatic heterocycles. The highest BCUT2D eigenvalue weighted by Crippen LogP contribution is 2.33. The van der Waals surface area contributed by atoms with Crippen LogP contribution in [-0.4, -0.2) is 31.2 Å². The molecule has 4 rings (SSSR count). The molecule has 1 heterocycles. The van der Waals surface area contributed by atoms with Crippen LogP contribution in [0.5, 0.6) is 11.5 Å². The fourth-order valence-electron chi connectivity index (χ4n) is 4.04. The lowest BCUT2D eigenvalue weighted by molar-refractivity contribution is -0.120. The summed E-state index contributed by atoms with van der Waals surface area (Å²) >= 11 is 1.61. The number of para-hydroxylation sites is 1. The van der Waals surface area contributed by atoms with Crippen LogP contribution in [-0.2, 0) is 4.79 Å². The Labute approximate surface area is 187 Å². The molecule has 162 valence electrons. The van der Waals surface area contributed by atoms with Crippen molar-refractivity contribution in [3.63, 3.8) is 0 Å². The van der Waals surface area contributed by atoms with Gasteiger partial charge in [-0.2, -0.15) is 0 Å². The molecule has 2 aromatic carbocycles. The zero-order chi connectivity index (χ0) is 21.6. The molecule has 1 fully saturated rings. The van der Waals surface area contributed by atoms with Gasteiger partial charge in [-0.25, -0.2) is 4.98 Å². The number of hydrogen-bond acceptors (Lipinski definition) is 5. The van der Waals surface area contributed by atoms with Crippen LogP contribution in [0.4, 0.5) is 0 Å². The van der Waals surface area contributed by atoms with Crippen LogP contribution in [0.1, 0.15) is 49.1 Å². The van der Waals surface area contributed by atoms with Crippen molar-refractivity contribution >= 4 is 39.1 Å². The number of aromatic nitrogens is 1. The average Bonchev–Trinajstić information content (AvgIpc) is 3.23. The largest absolute Gasteiger partial charge is 0.493 e. The maximum atomic E-state index is 12.9. The van der Waals surface area contributed by atoms with Crippen molar-refractivity contribution < 1.29 is 14.3 Å². The molecular formula is C25H28N2O3S. The highest BCUT2D eigenvalue weighted by molar-refractivity contribution is 7.19. The molecular weight excluding hydrogens is 408 g/mol. The van der Waals surface area contributed by atoms with Crippen molar-refractivity contribution in [2.24, 2.45) is 0 Å². The number of thiazole rings is 1. The lowest BCUT2D eigenvalue weighted by Gasteiger charge is -2.22. The first-order chi connectivity index (χ1) is 15.2. The van der Waals surface area contributed by atoms with Gasteiger partial charge in [-0.05, 0) is 54.3 Å². The summed E-state index contributed by atoms with van der Waals surface area (Å²) < 4.78 is 11.9. The van der Waals surface area contributed by atoms with E-state index in [1.165, 1.54) is 19.3 Å². The number of amides is 1. The molecule has 0 aliphatic heterocycles. The summed E-state index contributed by atoms with van der Waals surface area (Å²) in [6.45, 7) is 0. The Bertz CT molecular complexity index is 1050. The Morgan fingerprint density at radius 3 is 2.61 bits per heavy atom. The zero-order valence-electron chi connectivity index (χ0n) is 18.0. The number of fused-ring (bicyclic) bond motifs is 1. The molecule has 1 amide bonds. The maximum absolute atomic E-state index is 12.9. The summed E-state index contributed by atoms with van der Waals surface area (Å²) in [5.74, 6) is 1.39. The van der Waals surface area contributed by atoms with Crippen LogP contribution in [0.25, 0.3) is 21.9 Å². The van der Waals surface area contributed by atoms with Crippen molar-refractivity contribution in [1.29, 1.82) is 0 Å². The van der Waals surface area contributed by atoms with E-state index < -0.39 is 0 Å². The maximum Gasteiger partial charge on any atom is 0.224 e. The van der Waals surface area contributed by atoms with Gasteiger partial charge in [0.05, 0.1) is 30.9 Å². The Hall–Kier alpha value is -2.86. The first-order valence-corrected chi connectivity index (χ1v) is 11.6. The van der Waals surface area contributed by atoms with E-state index in [1.54, 1.807) is 25.6 Å². The van der Waals surface area contributed by atoms with E-state index >= 15 is 0 Å². The van der Waals surface area contributed by atoms with Crippen LogP contribution >= 0.6 is 11.3 Å². The van der Waals surface area contributed by atoms with Crippen LogP contribution in [0.15, 0.2) is 42.5 Å². The van der Waals surface area contributed by atoms with Crippen molar-refractivity contribution in [2.45, 2.75) is 44.6 Å². The van der Waals surface area contributed by atoms with E-state index in [1.807, 2.05) is 42.5 Å². The van der Waals surface area contributed by atoms with E-state index in [2.05, 4.69) is 11.4 Å². The van der Waals surface area contributed by atoms with E-state index in [4.69, 9.17) is 14.5 Å². The third-order valence-corrected chi connectivity index (χ3v) is 6.75. The quantitative estimate of drug-likeness (QED) is 0.517. The third-order valence-electron chi connectivity index (χ3n) is 5.64. The van der Waals surface area contributed by atoms with Gasteiger partial charge < -0.3 is 14.8 Å². The smallest absolute Gasteiger partial charge is 0.224 e. The Balaban J connectivity index is 1.64. The molecule has 1 N–H and O–H groups in total. The second-order valence-corrected chi connectivity index (χ2v) is 8.88. The van der Waals surface area contributed by atoms with Crippen LogP contribution in [0.3, 0.4) is 0 Å². The van der Waals surface area contributed by atoms with Crippen molar-refractivity contribution in [3.8, 4) is 11.5 Å². The minimum atomic E-state index is 0.0536. The molecule has 1 saturated carbocycles. The summed E-state index contributed by atoms with van der Waals surface area (Å²) in [7, 11) is 3.24. The molecule has 3 aromatic rings. The standard InChI is InChI=1S/C25H28N2O3S/c1-29-21-13-12-17(15-22(21)30-2)14-18(16-24(28)26-19-8-4-3-5-9-19)25-27-20-10-6-7-11-23(20)31-25/h6-7,10-15,19H,3-5,8-9,16H2,1-2H3,(H,26,28)/b18-14-. The predicted octanol–water partition coefficient (Wildman–Crippen LogP) is 5.69. The fourth-order valence-corrected chi connectivity index (χ4v) is 5.02. The Morgan fingerprint density at radius 1 is 1.10 bits per heavy atom. The molecule has 31 heavy (non-hydrogen) atoms. The highest BCUT2D eigenvalue weighted by Gasteiger charge is 2.18. The second kappa shape index (κ2) is 9.96. The molecule has 6 heteroatoms. The van der Waals surface area contributed by atoms with E-state index in [0.29, 0.717) is 24.0 Å². The van der Waals surface area contributed by atoms with Gasteiger partial charge in [0.25, 0.3) is 0 Å². The molecule has 1 aliphatic carbocycles. The van der Waals surface area contributed by atoms with Gasteiger partial charge in [0.15, 0.2) is 11.5 Å². The molecule has 0 saturated heterocycles. The van der Waals surface area contributed by atoms with Crippen molar-refractivity contribution in [3.05, 3.63) is 53.0 Å². The first kappa shape index (κ1) is 21.4. The number of methoxy groups -OCH3 is 2. The van der Waals surface area contributed by atoms with Gasteiger partial charge in [0, 0.05) is 6.04 Å². The lowest BCUT2D eigenvalue weighted by atomic mass is 9.95. The van der Waals surface area contributed by atoms with Gasteiger partial charge in [-0.3, -0.25) is 4.79 Å². The fraction of sp³-hybridized carbons (Fsp3) is 0.360. The molecule has 0 bridgehead atoms. The predicted molar refractivity (Wildman–Crippen MR) is 127 cm³/mol. The van der Waals surface area contributed by atoms with Gasteiger partial charge in [-0.1, -0.05) is 37.5 Å². The lowest BCUT2D eigenvalue weighted by Crippen LogP contribution is -2.36. The van der Waals surface area contributed by atoms with E-state index in [9.17, 15) is 4.79 Å². The molecule has 1 aliphatic rings. The first-order valence-electron chi connectivity index (χ1n) is 10.7. The normalized spacial score (nSPS) is 15.1. The third kappa shape index (κ3) is 5.25. The minimum Gasteiger partial charge on any atom is -0.493 e. The van der Waals surface area contributed by atoms with Crippen LogP contribution in [0.2, 0.25) is 0 Å². The number of nitrogens with one attached hydrogen (secondary N) is 1. The zero-order valence-corrected chi connectivity index (χ0v) is 18.8. The van der Waals surface area contributed by atoms with Gasteiger partial charge in [0.2, 0.25) is 5.91 Å². The average molecular weight is 437 g/mol. The number of benzene rings is 2. The minimum absolute atomic E-state index is 0.0536. The van der Waals surface area contributed by atoms with Gasteiger partial charge in [0.1, 0.15) is 5.01 Å². The number of carbonyl (C=O) groups is 1. The second-order valence-electron chi connectivity index (χ2n) is 7.85. The summed E-state index contributed by atoms with van der Waals surface area (Å²) in [6.07, 6.45) is 8.12.